The van der Waals surface area contributed by atoms with Gasteiger partial charge in [-0.1, -0.05) is 13.0 Å². The molecule has 20 heavy (non-hydrogen) atoms. The topological polar surface area (TPSA) is 78.4 Å². The van der Waals surface area contributed by atoms with Crippen molar-refractivity contribution < 1.29 is 19.1 Å². The highest BCUT2D eigenvalue weighted by Crippen LogP contribution is 2.13. The van der Waals surface area contributed by atoms with E-state index in [-0.39, 0.29) is 6.54 Å². The van der Waals surface area contributed by atoms with Gasteiger partial charge in [0.05, 0.1) is 6.54 Å². The van der Waals surface area contributed by atoms with E-state index in [2.05, 4.69) is 10.6 Å². The van der Waals surface area contributed by atoms with Crippen molar-refractivity contribution >= 4 is 17.6 Å². The van der Waals surface area contributed by atoms with Crippen LogP contribution < -0.4 is 10.6 Å². The maximum absolute atomic E-state index is 13.3. The number of hydrogen-bond acceptors (Lipinski definition) is 3. The molecule has 1 aromatic rings. The molecule has 0 aliphatic rings. The van der Waals surface area contributed by atoms with Gasteiger partial charge in [-0.2, -0.15) is 0 Å². The van der Waals surface area contributed by atoms with Crippen LogP contribution in [0.25, 0.3) is 0 Å². The number of nitrogens with one attached hydrogen (secondary N) is 2. The number of carbonyl (C=O) groups is 2. The quantitative estimate of drug-likeness (QED) is 0.745. The molecule has 0 aliphatic carbocycles. The average molecular weight is 282 g/mol. The van der Waals surface area contributed by atoms with E-state index in [0.29, 0.717) is 17.7 Å². The van der Waals surface area contributed by atoms with Gasteiger partial charge in [0.2, 0.25) is 5.91 Å². The van der Waals surface area contributed by atoms with E-state index in [1.807, 2.05) is 0 Å². The second-order valence-corrected chi connectivity index (χ2v) is 4.86. The molecule has 0 radical (unpaired) electrons. The summed E-state index contributed by atoms with van der Waals surface area (Å²) >= 11 is 0. The molecule has 5 nitrogen and oxygen atoms in total. The second kappa shape index (κ2) is 6.47. The van der Waals surface area contributed by atoms with Crippen LogP contribution in [-0.4, -0.2) is 29.1 Å². The van der Waals surface area contributed by atoms with E-state index >= 15 is 0 Å². The number of aliphatic carboxylic acids is 1. The van der Waals surface area contributed by atoms with E-state index in [1.54, 1.807) is 26.0 Å². The third-order valence-corrected chi connectivity index (χ3v) is 3.27. The van der Waals surface area contributed by atoms with E-state index in [1.165, 1.54) is 13.0 Å². The van der Waals surface area contributed by atoms with Crippen LogP contribution in [0.2, 0.25) is 0 Å². The maximum Gasteiger partial charge on any atom is 0.323 e. The van der Waals surface area contributed by atoms with E-state index in [0.717, 1.165) is 0 Å². The van der Waals surface area contributed by atoms with Gasteiger partial charge in [0.25, 0.3) is 0 Å². The first-order valence-corrected chi connectivity index (χ1v) is 6.33. The molecule has 3 N–H and O–H groups in total. The molecular weight excluding hydrogens is 263 g/mol. The van der Waals surface area contributed by atoms with Crippen molar-refractivity contribution in [1.29, 1.82) is 0 Å². The summed E-state index contributed by atoms with van der Waals surface area (Å²) in [7, 11) is 0. The first kappa shape index (κ1) is 16.1. The summed E-state index contributed by atoms with van der Waals surface area (Å²) in [6, 6.07) is 4.38. The zero-order valence-electron chi connectivity index (χ0n) is 11.8. The van der Waals surface area contributed by atoms with Crippen LogP contribution in [0.5, 0.6) is 0 Å². The predicted molar refractivity (Wildman–Crippen MR) is 74.1 cm³/mol. The highest BCUT2D eigenvalue weighted by atomic mass is 19.1. The number of aryl methyl sites for hydroxylation is 1. The largest absolute Gasteiger partial charge is 0.480 e. The SMILES string of the molecule is CCC(C)(NCC(=O)Nc1ccc(C)c(F)c1)C(=O)O. The van der Waals surface area contributed by atoms with Crippen molar-refractivity contribution in [2.45, 2.75) is 32.7 Å². The number of carboxylic acid groups (broad SMARTS) is 1. The summed E-state index contributed by atoms with van der Waals surface area (Å²) in [6.07, 6.45) is 0.342. The molecule has 1 amide bonds. The number of amides is 1. The van der Waals surface area contributed by atoms with Crippen LogP contribution in [0.1, 0.15) is 25.8 Å². The fourth-order valence-electron chi connectivity index (χ4n) is 1.50. The fraction of sp³-hybridized carbons (Fsp3) is 0.429. The first-order valence-electron chi connectivity index (χ1n) is 6.33. The smallest absolute Gasteiger partial charge is 0.323 e. The number of carboxylic acids is 1. The minimum Gasteiger partial charge on any atom is -0.480 e. The van der Waals surface area contributed by atoms with Crippen LogP contribution in [0.4, 0.5) is 10.1 Å². The van der Waals surface area contributed by atoms with Gasteiger partial charge in [-0.15, -0.1) is 0 Å². The minimum atomic E-state index is -1.16. The highest BCUT2D eigenvalue weighted by Gasteiger charge is 2.30. The number of rotatable bonds is 6. The normalized spacial score (nSPS) is 13.6. The van der Waals surface area contributed by atoms with E-state index in [9.17, 15) is 14.0 Å². The number of anilines is 1. The molecule has 1 atom stereocenters. The van der Waals surface area contributed by atoms with Gasteiger partial charge in [0.15, 0.2) is 0 Å². The molecule has 0 aliphatic heterocycles. The summed E-state index contributed by atoms with van der Waals surface area (Å²) in [5.41, 5.74) is -0.324. The monoisotopic (exact) mass is 282 g/mol. The third kappa shape index (κ3) is 4.03. The summed E-state index contributed by atoms with van der Waals surface area (Å²) in [4.78, 5) is 22.8. The molecule has 0 spiro atoms. The Morgan fingerprint density at radius 1 is 1.40 bits per heavy atom. The lowest BCUT2D eigenvalue weighted by atomic mass is 9.99. The molecule has 1 unspecified atom stereocenters. The molecule has 0 bridgehead atoms. The number of hydrogen-bond donors (Lipinski definition) is 3. The fourth-order valence-corrected chi connectivity index (χ4v) is 1.50. The first-order chi connectivity index (χ1) is 9.28. The van der Waals surface area contributed by atoms with Gasteiger partial charge in [0, 0.05) is 5.69 Å². The lowest BCUT2D eigenvalue weighted by Crippen LogP contribution is -2.51. The number of halogens is 1. The Morgan fingerprint density at radius 3 is 2.55 bits per heavy atom. The summed E-state index contributed by atoms with van der Waals surface area (Å²) < 4.78 is 13.3. The molecule has 6 heteroatoms. The Labute approximate surface area is 117 Å². The number of benzene rings is 1. The maximum atomic E-state index is 13.3. The number of carbonyl (C=O) groups excluding carboxylic acids is 1. The van der Waals surface area contributed by atoms with Crippen LogP contribution in [0, 0.1) is 12.7 Å². The molecular formula is C14H19FN2O3. The predicted octanol–water partition coefficient (Wildman–Crippen LogP) is 1.92. The van der Waals surface area contributed by atoms with Gasteiger partial charge >= 0.3 is 5.97 Å². The van der Waals surface area contributed by atoms with Gasteiger partial charge < -0.3 is 10.4 Å². The highest BCUT2D eigenvalue weighted by molar-refractivity contribution is 5.92. The summed E-state index contributed by atoms with van der Waals surface area (Å²) in [6.45, 7) is 4.69. The average Bonchev–Trinajstić information content (AvgIpc) is 2.40. The van der Waals surface area contributed by atoms with Crippen molar-refractivity contribution in [3.63, 3.8) is 0 Å². The van der Waals surface area contributed by atoms with Gasteiger partial charge in [-0.3, -0.25) is 14.9 Å². The van der Waals surface area contributed by atoms with Gasteiger partial charge in [-0.25, -0.2) is 4.39 Å². The van der Waals surface area contributed by atoms with Gasteiger partial charge in [-0.05, 0) is 38.0 Å². The second-order valence-electron chi connectivity index (χ2n) is 4.86. The Balaban J connectivity index is 2.60. The molecule has 1 rings (SSSR count). The zero-order valence-corrected chi connectivity index (χ0v) is 11.8. The van der Waals surface area contributed by atoms with Crippen molar-refractivity contribution in [3.05, 3.63) is 29.6 Å². The lowest BCUT2D eigenvalue weighted by molar-refractivity contribution is -0.144. The van der Waals surface area contributed by atoms with Gasteiger partial charge in [0.1, 0.15) is 11.4 Å². The third-order valence-electron chi connectivity index (χ3n) is 3.27. The molecule has 110 valence electrons. The van der Waals surface area contributed by atoms with E-state index < -0.39 is 23.2 Å². The van der Waals surface area contributed by atoms with E-state index in [4.69, 9.17) is 5.11 Å². The van der Waals surface area contributed by atoms with Crippen LogP contribution in [0.15, 0.2) is 18.2 Å². The summed E-state index contributed by atoms with van der Waals surface area (Å²) in [5, 5.41) is 14.3. The molecule has 0 heterocycles. The zero-order chi connectivity index (χ0) is 15.3. The summed E-state index contributed by atoms with van der Waals surface area (Å²) in [5.74, 6) is -1.84. The Bertz CT molecular complexity index is 519. The lowest BCUT2D eigenvalue weighted by Gasteiger charge is -2.24. The van der Waals surface area contributed by atoms with Crippen molar-refractivity contribution in [2.24, 2.45) is 0 Å². The van der Waals surface area contributed by atoms with Crippen LogP contribution in [-0.2, 0) is 9.59 Å². The van der Waals surface area contributed by atoms with Crippen molar-refractivity contribution in [2.75, 3.05) is 11.9 Å². The van der Waals surface area contributed by atoms with Crippen LogP contribution in [0.3, 0.4) is 0 Å². The molecule has 1 aromatic carbocycles. The van der Waals surface area contributed by atoms with Crippen molar-refractivity contribution in [3.8, 4) is 0 Å². The molecule has 0 saturated heterocycles. The molecule has 0 aromatic heterocycles. The molecule has 0 fully saturated rings. The standard InChI is InChI=1S/C14H19FN2O3/c1-4-14(3,13(19)20)16-8-12(18)17-10-6-5-9(2)11(15)7-10/h5-7,16H,4,8H2,1-3H3,(H,17,18)(H,19,20). The molecule has 0 saturated carbocycles. The van der Waals surface area contributed by atoms with Crippen molar-refractivity contribution in [1.82, 2.24) is 5.32 Å². The van der Waals surface area contributed by atoms with Crippen LogP contribution >= 0.6 is 0 Å². The Kier molecular flexibility index (Phi) is 5.21. The minimum absolute atomic E-state index is 0.161. The Hall–Kier alpha value is -1.95. The Morgan fingerprint density at radius 2 is 2.05 bits per heavy atom.